The third-order valence-electron chi connectivity index (χ3n) is 5.62. The molecule has 1 saturated carbocycles. The second-order valence-corrected chi connectivity index (χ2v) is 6.85. The summed E-state index contributed by atoms with van der Waals surface area (Å²) in [7, 11) is 0. The molecule has 3 rings (SSSR count). The molecule has 2 amide bonds. The van der Waals surface area contributed by atoms with Crippen LogP contribution in [0.15, 0.2) is 0 Å². The van der Waals surface area contributed by atoms with Gasteiger partial charge in [-0.3, -0.25) is 9.59 Å². The molecule has 4 atom stereocenters. The van der Waals surface area contributed by atoms with Gasteiger partial charge in [0.1, 0.15) is 0 Å². The van der Waals surface area contributed by atoms with E-state index < -0.39 is 0 Å². The Balaban J connectivity index is 1.71. The van der Waals surface area contributed by atoms with Gasteiger partial charge in [-0.05, 0) is 37.5 Å². The Morgan fingerprint density at radius 1 is 1.20 bits per heavy atom. The SMILES string of the molecule is C[C@@H]1CCN(C(=O)[C@H]2CCNC(=O)C2)[C@@H]2CCCC[C@@H]12. The lowest BCUT2D eigenvalue weighted by Gasteiger charge is -2.48. The van der Waals surface area contributed by atoms with Crippen molar-refractivity contribution >= 4 is 11.8 Å². The van der Waals surface area contributed by atoms with Crippen LogP contribution in [0, 0.1) is 17.8 Å². The van der Waals surface area contributed by atoms with Crippen molar-refractivity contribution in [1.82, 2.24) is 10.2 Å². The van der Waals surface area contributed by atoms with Crippen molar-refractivity contribution in [2.24, 2.45) is 17.8 Å². The second kappa shape index (κ2) is 5.74. The van der Waals surface area contributed by atoms with Crippen molar-refractivity contribution in [2.75, 3.05) is 13.1 Å². The van der Waals surface area contributed by atoms with E-state index in [0.717, 1.165) is 25.3 Å². The van der Waals surface area contributed by atoms with E-state index in [2.05, 4.69) is 17.1 Å². The maximum absolute atomic E-state index is 12.8. The van der Waals surface area contributed by atoms with Crippen molar-refractivity contribution in [3.8, 4) is 0 Å². The van der Waals surface area contributed by atoms with Gasteiger partial charge < -0.3 is 10.2 Å². The van der Waals surface area contributed by atoms with E-state index in [1.807, 2.05) is 0 Å². The fourth-order valence-electron chi connectivity index (χ4n) is 4.42. The first kappa shape index (κ1) is 13.9. The van der Waals surface area contributed by atoms with Gasteiger partial charge in [-0.25, -0.2) is 0 Å². The Bertz CT molecular complexity index is 396. The lowest BCUT2D eigenvalue weighted by Crippen LogP contribution is -2.55. The van der Waals surface area contributed by atoms with E-state index in [9.17, 15) is 9.59 Å². The van der Waals surface area contributed by atoms with Crippen LogP contribution in [0.5, 0.6) is 0 Å². The second-order valence-electron chi connectivity index (χ2n) is 6.85. The Kier molecular flexibility index (Phi) is 3.99. The van der Waals surface area contributed by atoms with Crippen molar-refractivity contribution in [3.05, 3.63) is 0 Å². The number of hydrogen-bond donors (Lipinski definition) is 1. The Hall–Kier alpha value is -1.06. The molecule has 0 aromatic carbocycles. The topological polar surface area (TPSA) is 49.4 Å². The summed E-state index contributed by atoms with van der Waals surface area (Å²) < 4.78 is 0. The predicted octanol–water partition coefficient (Wildman–Crippen LogP) is 1.94. The molecular formula is C16H26N2O2. The zero-order chi connectivity index (χ0) is 14.1. The minimum Gasteiger partial charge on any atom is -0.356 e. The Morgan fingerprint density at radius 2 is 2.00 bits per heavy atom. The van der Waals surface area contributed by atoms with Gasteiger partial charge in [0.15, 0.2) is 0 Å². The molecule has 112 valence electrons. The van der Waals surface area contributed by atoms with Crippen molar-refractivity contribution in [2.45, 2.75) is 57.9 Å². The molecule has 4 heteroatoms. The minimum atomic E-state index is -0.0697. The van der Waals surface area contributed by atoms with E-state index in [1.165, 1.54) is 25.7 Å². The molecule has 3 aliphatic rings. The van der Waals surface area contributed by atoms with Crippen LogP contribution >= 0.6 is 0 Å². The summed E-state index contributed by atoms with van der Waals surface area (Å²) in [6.07, 6.45) is 7.35. The lowest BCUT2D eigenvalue weighted by molar-refractivity contribution is -0.146. The molecule has 0 aromatic rings. The molecule has 20 heavy (non-hydrogen) atoms. The maximum atomic E-state index is 12.8. The van der Waals surface area contributed by atoms with Crippen LogP contribution in [-0.2, 0) is 9.59 Å². The Morgan fingerprint density at radius 3 is 2.80 bits per heavy atom. The fraction of sp³-hybridized carbons (Fsp3) is 0.875. The van der Waals surface area contributed by atoms with Crippen LogP contribution in [0.1, 0.15) is 51.9 Å². The number of fused-ring (bicyclic) bond motifs is 1. The first-order valence-electron chi connectivity index (χ1n) is 8.24. The van der Waals surface area contributed by atoms with Gasteiger partial charge in [-0.2, -0.15) is 0 Å². The summed E-state index contributed by atoms with van der Waals surface area (Å²) in [6, 6.07) is 0.449. The summed E-state index contributed by atoms with van der Waals surface area (Å²) in [4.78, 5) is 26.5. The molecular weight excluding hydrogens is 252 g/mol. The molecule has 2 saturated heterocycles. The smallest absolute Gasteiger partial charge is 0.226 e. The largest absolute Gasteiger partial charge is 0.356 e. The molecule has 0 spiro atoms. The van der Waals surface area contributed by atoms with Gasteiger partial charge in [-0.15, -0.1) is 0 Å². The van der Waals surface area contributed by atoms with E-state index in [4.69, 9.17) is 0 Å². The molecule has 0 aromatic heterocycles. The van der Waals surface area contributed by atoms with Crippen molar-refractivity contribution in [1.29, 1.82) is 0 Å². The number of nitrogens with zero attached hydrogens (tertiary/aromatic N) is 1. The summed E-state index contributed by atoms with van der Waals surface area (Å²) in [5, 5.41) is 2.82. The predicted molar refractivity (Wildman–Crippen MR) is 77.0 cm³/mol. The number of carbonyl (C=O) groups is 2. The van der Waals surface area contributed by atoms with E-state index >= 15 is 0 Å². The normalized spacial score (nSPS) is 38.0. The molecule has 0 unspecified atom stereocenters. The number of piperidine rings is 2. The third kappa shape index (κ3) is 2.57. The number of hydrogen-bond acceptors (Lipinski definition) is 2. The molecule has 0 radical (unpaired) electrons. The average molecular weight is 278 g/mol. The highest BCUT2D eigenvalue weighted by Crippen LogP contribution is 2.39. The summed E-state index contributed by atoms with van der Waals surface area (Å²) >= 11 is 0. The van der Waals surface area contributed by atoms with E-state index in [0.29, 0.717) is 24.9 Å². The highest BCUT2D eigenvalue weighted by atomic mass is 16.2. The van der Waals surface area contributed by atoms with Gasteiger partial charge in [-0.1, -0.05) is 19.8 Å². The number of nitrogens with one attached hydrogen (secondary N) is 1. The highest BCUT2D eigenvalue weighted by Gasteiger charge is 2.41. The Labute approximate surface area is 121 Å². The van der Waals surface area contributed by atoms with Crippen LogP contribution in [0.2, 0.25) is 0 Å². The number of carbonyl (C=O) groups excluding carboxylic acids is 2. The van der Waals surface area contributed by atoms with Gasteiger partial charge in [0.2, 0.25) is 11.8 Å². The van der Waals surface area contributed by atoms with Crippen LogP contribution in [0.3, 0.4) is 0 Å². The van der Waals surface area contributed by atoms with Crippen LogP contribution in [0.4, 0.5) is 0 Å². The van der Waals surface area contributed by atoms with Gasteiger partial charge >= 0.3 is 0 Å². The number of likely N-dealkylation sites (tertiary alicyclic amines) is 1. The lowest BCUT2D eigenvalue weighted by atomic mass is 9.72. The molecule has 0 bridgehead atoms. The zero-order valence-corrected chi connectivity index (χ0v) is 12.4. The van der Waals surface area contributed by atoms with Crippen molar-refractivity contribution < 1.29 is 9.59 Å². The molecule has 4 nitrogen and oxygen atoms in total. The van der Waals surface area contributed by atoms with Crippen LogP contribution < -0.4 is 5.32 Å². The van der Waals surface area contributed by atoms with Crippen LogP contribution in [-0.4, -0.2) is 35.8 Å². The summed E-state index contributed by atoms with van der Waals surface area (Å²) in [6.45, 7) is 3.91. The van der Waals surface area contributed by atoms with Crippen molar-refractivity contribution in [3.63, 3.8) is 0 Å². The molecule has 2 heterocycles. The first-order valence-corrected chi connectivity index (χ1v) is 8.24. The zero-order valence-electron chi connectivity index (χ0n) is 12.4. The van der Waals surface area contributed by atoms with Crippen LogP contribution in [0.25, 0.3) is 0 Å². The third-order valence-corrected chi connectivity index (χ3v) is 5.62. The average Bonchev–Trinajstić information content (AvgIpc) is 2.47. The number of amides is 2. The van der Waals surface area contributed by atoms with Gasteiger partial charge in [0, 0.05) is 31.5 Å². The monoisotopic (exact) mass is 278 g/mol. The van der Waals surface area contributed by atoms with E-state index in [-0.39, 0.29) is 17.7 Å². The molecule has 3 fully saturated rings. The highest BCUT2D eigenvalue weighted by molar-refractivity contribution is 5.87. The fourth-order valence-corrected chi connectivity index (χ4v) is 4.42. The standard InChI is InChI=1S/C16H26N2O2/c1-11-7-9-18(14-5-3-2-4-13(11)14)16(20)12-6-8-17-15(19)10-12/h11-14H,2-10H2,1H3,(H,17,19)/t11-,12+,13+,14-/m1/s1. The van der Waals surface area contributed by atoms with E-state index in [1.54, 1.807) is 0 Å². The molecule has 1 aliphatic carbocycles. The summed E-state index contributed by atoms with van der Waals surface area (Å²) in [5.74, 6) is 1.67. The quantitative estimate of drug-likeness (QED) is 0.797. The first-order chi connectivity index (χ1) is 9.66. The van der Waals surface area contributed by atoms with Gasteiger partial charge in [0.05, 0.1) is 0 Å². The maximum Gasteiger partial charge on any atom is 0.226 e. The number of rotatable bonds is 1. The molecule has 2 aliphatic heterocycles. The molecule has 1 N–H and O–H groups in total. The van der Waals surface area contributed by atoms with Gasteiger partial charge in [0.25, 0.3) is 0 Å². The minimum absolute atomic E-state index is 0.0418. The summed E-state index contributed by atoms with van der Waals surface area (Å²) in [5.41, 5.74) is 0.